The Kier molecular flexibility index (Phi) is 3.84. The molecule has 0 aliphatic rings. The number of halogens is 2. The van der Waals surface area contributed by atoms with Crippen LogP contribution in [0.5, 0.6) is 0 Å². The minimum Gasteiger partial charge on any atom is -0.386 e. The molecule has 0 aliphatic heterocycles. The highest BCUT2D eigenvalue weighted by Gasteiger charge is 2.12. The number of methoxy groups -OCH3 is 1. The third kappa shape index (κ3) is 2.76. The molecule has 0 amide bonds. The van der Waals surface area contributed by atoms with Crippen molar-refractivity contribution < 1.29 is 14.2 Å². The Labute approximate surface area is 84.5 Å². The zero-order valence-corrected chi connectivity index (χ0v) is 8.71. The summed E-state index contributed by atoms with van der Waals surface area (Å²) in [5.41, 5.74) is 0.255. The average Bonchev–Trinajstić information content (AvgIpc) is 2.04. The molecule has 0 radical (unpaired) electrons. The molecule has 4 heteroatoms. The normalized spacial score (nSPS) is 12.9. The van der Waals surface area contributed by atoms with E-state index in [0.717, 1.165) is 0 Å². The van der Waals surface area contributed by atoms with Crippen molar-refractivity contribution in [3.05, 3.63) is 34.1 Å². The number of aliphatic hydroxyl groups is 1. The zero-order valence-electron chi connectivity index (χ0n) is 7.13. The molecule has 0 spiro atoms. The maximum atomic E-state index is 13.2. The quantitative estimate of drug-likeness (QED) is 0.890. The number of aliphatic hydroxyl groups excluding tert-OH is 1. The minimum atomic E-state index is -0.905. The predicted molar refractivity (Wildman–Crippen MR) is 50.9 cm³/mol. The van der Waals surface area contributed by atoms with Gasteiger partial charge in [-0.05, 0) is 12.1 Å². The Hall–Kier alpha value is -0.450. The molecule has 1 aromatic rings. The molecule has 0 saturated carbocycles. The number of benzene rings is 1. The molecule has 0 saturated heterocycles. The van der Waals surface area contributed by atoms with E-state index in [1.807, 2.05) is 0 Å². The number of ether oxygens (including phenoxy) is 1. The molecule has 1 N–H and O–H groups in total. The standard InChI is InChI=1S/C9H10BrFO2/c1-13-5-9(12)7-3-2-6(10)4-8(7)11/h2-4,9,12H,5H2,1H3. The zero-order chi connectivity index (χ0) is 9.84. The van der Waals surface area contributed by atoms with Crippen LogP contribution < -0.4 is 0 Å². The summed E-state index contributed by atoms with van der Waals surface area (Å²) in [6.45, 7) is 0.0958. The van der Waals surface area contributed by atoms with Crippen molar-refractivity contribution in [2.45, 2.75) is 6.10 Å². The second-order valence-electron chi connectivity index (χ2n) is 2.64. The summed E-state index contributed by atoms with van der Waals surface area (Å²) in [5.74, 6) is -0.432. The van der Waals surface area contributed by atoms with Crippen molar-refractivity contribution in [3.63, 3.8) is 0 Å². The largest absolute Gasteiger partial charge is 0.386 e. The molecule has 0 aromatic heterocycles. The molecule has 1 unspecified atom stereocenters. The van der Waals surface area contributed by atoms with Crippen LogP contribution in [0.1, 0.15) is 11.7 Å². The van der Waals surface area contributed by atoms with Crippen LogP contribution in [0, 0.1) is 5.82 Å². The Morgan fingerprint density at radius 3 is 2.85 bits per heavy atom. The van der Waals surface area contributed by atoms with Gasteiger partial charge in [-0.1, -0.05) is 22.0 Å². The lowest BCUT2D eigenvalue weighted by molar-refractivity contribution is 0.0621. The van der Waals surface area contributed by atoms with Crippen LogP contribution in [0.3, 0.4) is 0 Å². The Morgan fingerprint density at radius 1 is 1.62 bits per heavy atom. The first kappa shape index (κ1) is 10.6. The third-order valence-corrected chi connectivity index (χ3v) is 2.14. The molecule has 0 fully saturated rings. The molecule has 72 valence electrons. The van der Waals surface area contributed by atoms with Crippen molar-refractivity contribution in [1.29, 1.82) is 0 Å². The van der Waals surface area contributed by atoms with Gasteiger partial charge in [0.1, 0.15) is 11.9 Å². The molecule has 1 atom stereocenters. The van der Waals surface area contributed by atoms with Gasteiger partial charge in [0, 0.05) is 17.1 Å². The first-order valence-corrected chi connectivity index (χ1v) is 4.56. The summed E-state index contributed by atoms with van der Waals surface area (Å²) in [6, 6.07) is 4.52. The van der Waals surface area contributed by atoms with Crippen molar-refractivity contribution >= 4 is 15.9 Å². The monoisotopic (exact) mass is 248 g/mol. The number of hydrogen-bond donors (Lipinski definition) is 1. The summed E-state index contributed by atoms with van der Waals surface area (Å²) in [4.78, 5) is 0. The van der Waals surface area contributed by atoms with Gasteiger partial charge in [-0.3, -0.25) is 0 Å². The smallest absolute Gasteiger partial charge is 0.130 e. The van der Waals surface area contributed by atoms with Crippen LogP contribution in [0.4, 0.5) is 4.39 Å². The van der Waals surface area contributed by atoms with Gasteiger partial charge in [0.2, 0.25) is 0 Å². The van der Waals surface area contributed by atoms with E-state index in [1.54, 1.807) is 6.07 Å². The molecular weight excluding hydrogens is 239 g/mol. The molecular formula is C9H10BrFO2. The van der Waals surface area contributed by atoms with Crippen molar-refractivity contribution in [3.8, 4) is 0 Å². The molecule has 1 aromatic carbocycles. The van der Waals surface area contributed by atoms with Gasteiger partial charge >= 0.3 is 0 Å². The van der Waals surface area contributed by atoms with Crippen molar-refractivity contribution in [1.82, 2.24) is 0 Å². The summed E-state index contributed by atoms with van der Waals surface area (Å²) >= 11 is 3.13. The Balaban J connectivity index is 2.88. The van der Waals surface area contributed by atoms with E-state index in [9.17, 15) is 9.50 Å². The first-order chi connectivity index (χ1) is 6.15. The molecule has 0 aliphatic carbocycles. The average molecular weight is 249 g/mol. The highest BCUT2D eigenvalue weighted by molar-refractivity contribution is 9.10. The fourth-order valence-electron chi connectivity index (χ4n) is 1.02. The van der Waals surface area contributed by atoms with Gasteiger partial charge in [-0.15, -0.1) is 0 Å². The van der Waals surface area contributed by atoms with Gasteiger partial charge in [0.05, 0.1) is 6.61 Å². The lowest BCUT2D eigenvalue weighted by atomic mass is 10.1. The van der Waals surface area contributed by atoms with Crippen LogP contribution in [0.2, 0.25) is 0 Å². The van der Waals surface area contributed by atoms with E-state index in [2.05, 4.69) is 15.9 Å². The second-order valence-corrected chi connectivity index (χ2v) is 3.55. The van der Waals surface area contributed by atoms with Gasteiger partial charge in [0.25, 0.3) is 0 Å². The van der Waals surface area contributed by atoms with Crippen LogP contribution >= 0.6 is 15.9 Å². The third-order valence-electron chi connectivity index (χ3n) is 1.65. The number of hydrogen-bond acceptors (Lipinski definition) is 2. The van der Waals surface area contributed by atoms with E-state index in [-0.39, 0.29) is 12.2 Å². The van der Waals surface area contributed by atoms with Gasteiger partial charge < -0.3 is 9.84 Å². The van der Waals surface area contributed by atoms with E-state index in [4.69, 9.17) is 4.74 Å². The molecule has 2 nitrogen and oxygen atoms in total. The highest BCUT2D eigenvalue weighted by atomic mass is 79.9. The summed E-state index contributed by atoms with van der Waals surface area (Å²) in [6.07, 6.45) is -0.905. The fraction of sp³-hybridized carbons (Fsp3) is 0.333. The van der Waals surface area contributed by atoms with E-state index in [1.165, 1.54) is 19.2 Å². The van der Waals surface area contributed by atoms with E-state index >= 15 is 0 Å². The van der Waals surface area contributed by atoms with Crippen LogP contribution in [0.15, 0.2) is 22.7 Å². The molecule has 13 heavy (non-hydrogen) atoms. The van der Waals surface area contributed by atoms with Gasteiger partial charge in [-0.25, -0.2) is 4.39 Å². The minimum absolute atomic E-state index is 0.0958. The van der Waals surface area contributed by atoms with Crippen LogP contribution in [-0.4, -0.2) is 18.8 Å². The van der Waals surface area contributed by atoms with Crippen LogP contribution in [0.25, 0.3) is 0 Å². The Morgan fingerprint density at radius 2 is 2.31 bits per heavy atom. The molecule has 0 bridgehead atoms. The number of rotatable bonds is 3. The maximum absolute atomic E-state index is 13.2. The van der Waals surface area contributed by atoms with Crippen molar-refractivity contribution in [2.75, 3.05) is 13.7 Å². The predicted octanol–water partition coefficient (Wildman–Crippen LogP) is 2.27. The first-order valence-electron chi connectivity index (χ1n) is 3.77. The van der Waals surface area contributed by atoms with Gasteiger partial charge in [-0.2, -0.15) is 0 Å². The molecule has 0 heterocycles. The lowest BCUT2D eigenvalue weighted by Gasteiger charge is -2.10. The second kappa shape index (κ2) is 4.69. The summed E-state index contributed by atoms with van der Waals surface area (Å²) in [5, 5.41) is 9.41. The maximum Gasteiger partial charge on any atom is 0.130 e. The van der Waals surface area contributed by atoms with E-state index in [0.29, 0.717) is 4.47 Å². The van der Waals surface area contributed by atoms with Gasteiger partial charge in [0.15, 0.2) is 0 Å². The summed E-state index contributed by atoms with van der Waals surface area (Å²) < 4.78 is 18.5. The van der Waals surface area contributed by atoms with E-state index < -0.39 is 11.9 Å². The fourth-order valence-corrected chi connectivity index (χ4v) is 1.35. The highest BCUT2D eigenvalue weighted by Crippen LogP contribution is 2.20. The lowest BCUT2D eigenvalue weighted by Crippen LogP contribution is -2.07. The Bertz CT molecular complexity index is 291. The topological polar surface area (TPSA) is 29.5 Å². The van der Waals surface area contributed by atoms with Crippen LogP contribution in [-0.2, 0) is 4.74 Å². The van der Waals surface area contributed by atoms with Crippen molar-refractivity contribution in [2.24, 2.45) is 0 Å². The molecule has 1 rings (SSSR count). The summed E-state index contributed by atoms with van der Waals surface area (Å²) in [7, 11) is 1.46. The SMILES string of the molecule is COCC(O)c1ccc(Br)cc1F.